The Kier molecular flexibility index (Phi) is 5.59. The maximum Gasteiger partial charge on any atom is 0.330 e. The zero-order valence-corrected chi connectivity index (χ0v) is 10.5. The van der Waals surface area contributed by atoms with Crippen LogP contribution in [0, 0.1) is 0 Å². The van der Waals surface area contributed by atoms with Crippen LogP contribution in [0.1, 0.15) is 16.6 Å². The first-order valence-electron chi connectivity index (χ1n) is 5.12. The number of amides is 2. The zero-order valence-electron chi connectivity index (χ0n) is 9.64. The van der Waals surface area contributed by atoms with Crippen LogP contribution in [0.3, 0.4) is 0 Å². The molecule has 96 valence electrons. The highest BCUT2D eigenvalue weighted by molar-refractivity contribution is 7.12. The molecule has 2 amide bonds. The summed E-state index contributed by atoms with van der Waals surface area (Å²) in [6, 6.07) is 3.35. The van der Waals surface area contributed by atoms with Gasteiger partial charge in [0, 0.05) is 12.2 Å². The van der Waals surface area contributed by atoms with Gasteiger partial charge in [-0.15, -0.1) is 11.3 Å². The highest BCUT2D eigenvalue weighted by Crippen LogP contribution is 2.06. The number of hydrazine groups is 1. The van der Waals surface area contributed by atoms with Gasteiger partial charge in [0.2, 0.25) is 0 Å². The minimum absolute atomic E-state index is 0.236. The molecule has 0 bridgehead atoms. The van der Waals surface area contributed by atoms with E-state index >= 15 is 0 Å². The summed E-state index contributed by atoms with van der Waals surface area (Å²) in [5.41, 5.74) is 4.35. The summed E-state index contributed by atoms with van der Waals surface area (Å²) < 4.78 is 4.59. The summed E-state index contributed by atoms with van der Waals surface area (Å²) in [5.74, 6) is -1.65. The van der Waals surface area contributed by atoms with E-state index in [0.717, 1.165) is 12.2 Å². The Labute approximate surface area is 108 Å². The lowest BCUT2D eigenvalue weighted by molar-refractivity contribution is -0.137. The Morgan fingerprint density at radius 2 is 2.11 bits per heavy atom. The third-order valence-electron chi connectivity index (χ3n) is 1.70. The molecule has 0 spiro atoms. The van der Waals surface area contributed by atoms with Crippen molar-refractivity contribution in [2.45, 2.75) is 6.92 Å². The van der Waals surface area contributed by atoms with Crippen molar-refractivity contribution < 1.29 is 19.1 Å². The molecule has 0 radical (unpaired) electrons. The lowest BCUT2D eigenvalue weighted by atomic mass is 10.4. The van der Waals surface area contributed by atoms with Crippen LogP contribution in [0.5, 0.6) is 0 Å². The van der Waals surface area contributed by atoms with E-state index in [2.05, 4.69) is 15.6 Å². The predicted molar refractivity (Wildman–Crippen MR) is 65.7 cm³/mol. The zero-order chi connectivity index (χ0) is 13.4. The van der Waals surface area contributed by atoms with Crippen LogP contribution in [0.2, 0.25) is 0 Å². The number of rotatable bonds is 4. The van der Waals surface area contributed by atoms with Crippen molar-refractivity contribution in [2.75, 3.05) is 6.61 Å². The molecule has 1 aromatic heterocycles. The molecule has 2 N–H and O–H groups in total. The van der Waals surface area contributed by atoms with Crippen molar-refractivity contribution >= 4 is 29.1 Å². The fourth-order valence-electron chi connectivity index (χ4n) is 0.963. The average Bonchev–Trinajstić information content (AvgIpc) is 2.87. The summed E-state index contributed by atoms with van der Waals surface area (Å²) in [5, 5.41) is 1.75. The molecule has 1 heterocycles. The van der Waals surface area contributed by atoms with E-state index in [-0.39, 0.29) is 6.61 Å². The summed E-state index contributed by atoms with van der Waals surface area (Å²) in [6.45, 7) is 1.90. The van der Waals surface area contributed by atoms with Crippen LogP contribution in [0.4, 0.5) is 0 Å². The van der Waals surface area contributed by atoms with Gasteiger partial charge in [0.05, 0.1) is 11.5 Å². The third kappa shape index (κ3) is 4.79. The molecule has 0 aliphatic heterocycles. The van der Waals surface area contributed by atoms with E-state index in [0.29, 0.717) is 4.88 Å². The molecule has 0 aliphatic rings. The first-order valence-corrected chi connectivity index (χ1v) is 6.00. The molecule has 0 saturated carbocycles. The largest absolute Gasteiger partial charge is 0.463 e. The summed E-state index contributed by atoms with van der Waals surface area (Å²) >= 11 is 1.25. The van der Waals surface area contributed by atoms with Gasteiger partial charge in [-0.3, -0.25) is 20.4 Å². The topological polar surface area (TPSA) is 84.5 Å². The number of hydrogen-bond donors (Lipinski definition) is 2. The smallest absolute Gasteiger partial charge is 0.330 e. The first kappa shape index (κ1) is 13.9. The Balaban J connectivity index is 2.33. The van der Waals surface area contributed by atoms with Gasteiger partial charge in [-0.2, -0.15) is 0 Å². The number of esters is 1. The van der Waals surface area contributed by atoms with E-state index in [9.17, 15) is 14.4 Å². The molecule has 7 heteroatoms. The maximum absolute atomic E-state index is 11.4. The number of nitrogens with one attached hydrogen (secondary N) is 2. The van der Waals surface area contributed by atoms with E-state index in [1.54, 1.807) is 24.4 Å². The van der Waals surface area contributed by atoms with Gasteiger partial charge in [0.1, 0.15) is 0 Å². The minimum Gasteiger partial charge on any atom is -0.463 e. The molecule has 0 aliphatic carbocycles. The van der Waals surface area contributed by atoms with Crippen molar-refractivity contribution in [3.63, 3.8) is 0 Å². The third-order valence-corrected chi connectivity index (χ3v) is 2.57. The number of carbonyl (C=O) groups excluding carboxylic acids is 3. The van der Waals surface area contributed by atoms with Crippen LogP contribution in [0.25, 0.3) is 0 Å². The molecule has 0 unspecified atom stereocenters. The van der Waals surface area contributed by atoms with Crippen molar-refractivity contribution in [3.05, 3.63) is 34.5 Å². The lowest BCUT2D eigenvalue weighted by Gasteiger charge is -2.02. The fraction of sp³-hybridized carbons (Fsp3) is 0.182. The normalized spacial score (nSPS) is 10.1. The van der Waals surface area contributed by atoms with Crippen LogP contribution in [-0.2, 0) is 14.3 Å². The average molecular weight is 268 g/mol. The molecular formula is C11H12N2O4S. The van der Waals surface area contributed by atoms with Crippen LogP contribution in [-0.4, -0.2) is 24.4 Å². The van der Waals surface area contributed by atoms with E-state index < -0.39 is 17.8 Å². The van der Waals surface area contributed by atoms with Gasteiger partial charge in [-0.25, -0.2) is 4.79 Å². The number of carbonyl (C=O) groups is 3. The lowest BCUT2D eigenvalue weighted by Crippen LogP contribution is -2.40. The van der Waals surface area contributed by atoms with Crippen molar-refractivity contribution in [1.82, 2.24) is 10.9 Å². The molecule has 0 saturated heterocycles. The molecule has 0 fully saturated rings. The minimum atomic E-state index is -0.618. The monoisotopic (exact) mass is 268 g/mol. The predicted octanol–water partition coefficient (Wildman–Crippen LogP) is 0.628. The van der Waals surface area contributed by atoms with Crippen molar-refractivity contribution in [1.29, 1.82) is 0 Å². The second-order valence-corrected chi connectivity index (χ2v) is 3.95. The van der Waals surface area contributed by atoms with Gasteiger partial charge in [0.15, 0.2) is 0 Å². The summed E-state index contributed by atoms with van der Waals surface area (Å²) in [7, 11) is 0. The Morgan fingerprint density at radius 1 is 1.33 bits per heavy atom. The highest BCUT2D eigenvalue weighted by atomic mass is 32.1. The van der Waals surface area contributed by atoms with Crippen molar-refractivity contribution in [2.24, 2.45) is 0 Å². The maximum atomic E-state index is 11.4. The van der Waals surface area contributed by atoms with E-state index in [4.69, 9.17) is 0 Å². The quantitative estimate of drug-likeness (QED) is 0.476. The number of ether oxygens (including phenoxy) is 1. The van der Waals surface area contributed by atoms with E-state index in [1.165, 1.54) is 11.3 Å². The van der Waals surface area contributed by atoms with Crippen molar-refractivity contribution in [3.8, 4) is 0 Å². The standard InChI is InChI=1S/C11H12N2O4S/c1-2-17-10(15)6-5-9(14)12-13-11(16)8-4-3-7-18-8/h3-7H,2H2,1H3,(H,12,14)(H,13,16)/b6-5+. The Hall–Kier alpha value is -2.15. The van der Waals surface area contributed by atoms with Gasteiger partial charge in [-0.05, 0) is 18.4 Å². The summed E-state index contributed by atoms with van der Waals surface area (Å²) in [4.78, 5) is 34.0. The first-order chi connectivity index (χ1) is 8.63. The number of hydrogen-bond acceptors (Lipinski definition) is 5. The summed E-state index contributed by atoms with van der Waals surface area (Å²) in [6.07, 6.45) is 1.96. The highest BCUT2D eigenvalue weighted by Gasteiger charge is 2.06. The molecule has 1 aromatic rings. The second kappa shape index (κ2) is 7.23. The molecule has 0 aromatic carbocycles. The van der Waals surface area contributed by atoms with Crippen LogP contribution in [0.15, 0.2) is 29.7 Å². The van der Waals surface area contributed by atoms with Crippen LogP contribution >= 0.6 is 11.3 Å². The van der Waals surface area contributed by atoms with E-state index in [1.807, 2.05) is 0 Å². The second-order valence-electron chi connectivity index (χ2n) is 3.01. The Bertz CT molecular complexity index is 454. The van der Waals surface area contributed by atoms with Gasteiger partial charge < -0.3 is 4.74 Å². The molecule has 0 atom stereocenters. The van der Waals surface area contributed by atoms with Gasteiger partial charge in [-0.1, -0.05) is 6.07 Å². The van der Waals surface area contributed by atoms with Gasteiger partial charge >= 0.3 is 5.97 Å². The Morgan fingerprint density at radius 3 is 2.72 bits per heavy atom. The molecule has 18 heavy (non-hydrogen) atoms. The molecule has 1 rings (SSSR count). The van der Waals surface area contributed by atoms with Crippen LogP contribution < -0.4 is 10.9 Å². The van der Waals surface area contributed by atoms with Gasteiger partial charge in [0.25, 0.3) is 11.8 Å². The number of thiophene rings is 1. The fourth-order valence-corrected chi connectivity index (χ4v) is 1.58. The molecular weight excluding hydrogens is 256 g/mol. The molecule has 6 nitrogen and oxygen atoms in total. The SMILES string of the molecule is CCOC(=O)/C=C/C(=O)NNC(=O)c1cccs1.